The molecule has 0 aliphatic heterocycles. The minimum atomic E-state index is -0.873. The van der Waals surface area contributed by atoms with Crippen LogP contribution in [0.3, 0.4) is 0 Å². The zero-order valence-electron chi connectivity index (χ0n) is 14.5. The molecule has 2 atom stereocenters. The minimum Gasteiger partial charge on any atom is -0.387 e. The fourth-order valence-corrected chi connectivity index (χ4v) is 2.73. The van der Waals surface area contributed by atoms with Gasteiger partial charge in [-0.25, -0.2) is 4.39 Å². The van der Waals surface area contributed by atoms with Crippen molar-refractivity contribution in [2.45, 2.75) is 51.2 Å². The first-order valence-corrected chi connectivity index (χ1v) is 8.70. The largest absolute Gasteiger partial charge is 0.387 e. The Bertz CT molecular complexity index is 725. The van der Waals surface area contributed by atoms with Crippen molar-refractivity contribution >= 4 is 5.91 Å². The Hall–Kier alpha value is -2.21. The number of nitrogens with zero attached hydrogens (tertiary/aromatic N) is 2. The third kappa shape index (κ3) is 4.07. The topological polar surface area (TPSA) is 66.6 Å². The van der Waals surface area contributed by atoms with E-state index < -0.39 is 6.10 Å². The van der Waals surface area contributed by atoms with Crippen molar-refractivity contribution in [2.75, 3.05) is 6.54 Å². The van der Waals surface area contributed by atoms with Gasteiger partial charge in [-0.3, -0.25) is 4.79 Å². The molecule has 1 heterocycles. The summed E-state index contributed by atoms with van der Waals surface area (Å²) >= 11 is 0. The molecule has 1 amide bonds. The second-order valence-electron chi connectivity index (χ2n) is 6.68. The summed E-state index contributed by atoms with van der Waals surface area (Å²) in [7, 11) is 0. The highest BCUT2D eigenvalue weighted by atomic mass is 19.1. The molecule has 1 aromatic carbocycles. The molecule has 5 nitrogen and oxygen atoms in total. The molecule has 1 aliphatic rings. The molecule has 25 heavy (non-hydrogen) atoms. The summed E-state index contributed by atoms with van der Waals surface area (Å²) in [6, 6.07) is 7.47. The van der Waals surface area contributed by atoms with Gasteiger partial charge in [0.25, 0.3) is 5.91 Å². The molecule has 0 spiro atoms. The van der Waals surface area contributed by atoms with Crippen LogP contribution in [0.5, 0.6) is 0 Å². The van der Waals surface area contributed by atoms with Crippen LogP contribution in [0, 0.1) is 5.82 Å². The summed E-state index contributed by atoms with van der Waals surface area (Å²) in [5.41, 5.74) is 1.35. The molecule has 1 aliphatic carbocycles. The highest BCUT2D eigenvalue weighted by molar-refractivity contribution is 5.92. The van der Waals surface area contributed by atoms with Crippen molar-refractivity contribution in [3.63, 3.8) is 0 Å². The lowest BCUT2D eigenvalue weighted by molar-refractivity contribution is 0.0565. The van der Waals surface area contributed by atoms with Gasteiger partial charge in [-0.05, 0) is 37.0 Å². The summed E-state index contributed by atoms with van der Waals surface area (Å²) in [6.45, 7) is 4.23. The Labute approximate surface area is 146 Å². The number of aromatic nitrogens is 1. The van der Waals surface area contributed by atoms with E-state index >= 15 is 0 Å². The first-order chi connectivity index (χ1) is 12.0. The van der Waals surface area contributed by atoms with Gasteiger partial charge in [0.1, 0.15) is 5.82 Å². The molecule has 1 N–H and O–H groups in total. The van der Waals surface area contributed by atoms with Gasteiger partial charge in [0.2, 0.25) is 5.76 Å². The van der Waals surface area contributed by atoms with E-state index in [2.05, 4.69) is 12.1 Å². The number of amides is 1. The maximum Gasteiger partial charge on any atom is 0.292 e. The maximum absolute atomic E-state index is 13.0. The number of halogens is 1. The third-order valence-electron chi connectivity index (χ3n) is 4.73. The first kappa shape index (κ1) is 17.6. The van der Waals surface area contributed by atoms with E-state index in [-0.39, 0.29) is 36.0 Å². The van der Waals surface area contributed by atoms with Crippen LogP contribution < -0.4 is 0 Å². The van der Waals surface area contributed by atoms with Crippen LogP contribution in [0.2, 0.25) is 0 Å². The highest BCUT2D eigenvalue weighted by Gasteiger charge is 2.36. The average molecular weight is 346 g/mol. The lowest BCUT2D eigenvalue weighted by Gasteiger charge is -2.24. The van der Waals surface area contributed by atoms with Gasteiger partial charge in [0.05, 0.1) is 18.3 Å². The molecule has 0 bridgehead atoms. The van der Waals surface area contributed by atoms with E-state index in [0.29, 0.717) is 5.56 Å². The summed E-state index contributed by atoms with van der Waals surface area (Å²) in [5, 5.41) is 14.4. The fraction of sp³-hybridized carbons (Fsp3) is 0.474. The van der Waals surface area contributed by atoms with E-state index in [4.69, 9.17) is 4.52 Å². The number of hydrogen-bond acceptors (Lipinski definition) is 4. The van der Waals surface area contributed by atoms with E-state index in [0.717, 1.165) is 25.0 Å². The second kappa shape index (κ2) is 7.35. The molecule has 2 aromatic rings. The molecule has 2 unspecified atom stereocenters. The summed E-state index contributed by atoms with van der Waals surface area (Å²) in [6.07, 6.45) is 1.86. The average Bonchev–Trinajstić information content (AvgIpc) is 3.34. The molecule has 1 fully saturated rings. The van der Waals surface area contributed by atoms with E-state index in [1.54, 1.807) is 11.0 Å². The van der Waals surface area contributed by atoms with Gasteiger partial charge in [0.15, 0.2) is 0 Å². The molecule has 0 saturated heterocycles. The lowest BCUT2D eigenvalue weighted by Crippen LogP contribution is -2.36. The zero-order valence-corrected chi connectivity index (χ0v) is 14.5. The van der Waals surface area contributed by atoms with Gasteiger partial charge in [-0.2, -0.15) is 0 Å². The number of aliphatic hydroxyl groups excluding tert-OH is 1. The quantitative estimate of drug-likeness (QED) is 0.831. The molecule has 3 rings (SSSR count). The Morgan fingerprint density at radius 1 is 1.40 bits per heavy atom. The van der Waals surface area contributed by atoms with E-state index in [1.807, 2.05) is 6.92 Å². The van der Waals surface area contributed by atoms with Crippen molar-refractivity contribution in [1.29, 1.82) is 0 Å². The van der Waals surface area contributed by atoms with Crippen molar-refractivity contribution < 1.29 is 18.8 Å². The number of rotatable bonds is 7. The molecular formula is C19H23FN2O3. The number of aliphatic hydroxyl groups is 1. The molecule has 134 valence electrons. The fourth-order valence-electron chi connectivity index (χ4n) is 2.73. The standard InChI is InChI=1S/C19H23FN2O3/c1-3-12(2)16-10-18(25-21-16)19(24)22(15-8-9-15)11-17(23)13-4-6-14(20)7-5-13/h4-7,10,12,15,17,23H,3,8-9,11H2,1-2H3. The van der Waals surface area contributed by atoms with Crippen LogP contribution >= 0.6 is 0 Å². The SMILES string of the molecule is CCC(C)c1cc(C(=O)N(CC(O)c2ccc(F)cc2)C2CC2)on1. The van der Waals surface area contributed by atoms with Crippen LogP contribution in [0.1, 0.15) is 66.9 Å². The second-order valence-corrected chi connectivity index (χ2v) is 6.68. The Balaban J connectivity index is 1.73. The van der Waals surface area contributed by atoms with Gasteiger partial charge in [-0.1, -0.05) is 31.1 Å². The van der Waals surface area contributed by atoms with Crippen LogP contribution in [0.25, 0.3) is 0 Å². The maximum atomic E-state index is 13.0. The highest BCUT2D eigenvalue weighted by Crippen LogP contribution is 2.31. The smallest absolute Gasteiger partial charge is 0.292 e. The van der Waals surface area contributed by atoms with Crippen molar-refractivity contribution in [3.8, 4) is 0 Å². The zero-order chi connectivity index (χ0) is 18.0. The molecular weight excluding hydrogens is 323 g/mol. The first-order valence-electron chi connectivity index (χ1n) is 8.70. The number of hydrogen-bond donors (Lipinski definition) is 1. The summed E-state index contributed by atoms with van der Waals surface area (Å²) in [5.74, 6) is -0.186. The minimum absolute atomic E-state index is 0.111. The van der Waals surface area contributed by atoms with Gasteiger partial charge in [-0.15, -0.1) is 0 Å². The molecule has 6 heteroatoms. The van der Waals surface area contributed by atoms with Crippen molar-refractivity contribution in [3.05, 3.63) is 53.2 Å². The molecule has 1 saturated carbocycles. The molecule has 1 aromatic heterocycles. The van der Waals surface area contributed by atoms with Crippen molar-refractivity contribution in [2.24, 2.45) is 0 Å². The van der Waals surface area contributed by atoms with Crippen LogP contribution in [-0.4, -0.2) is 33.7 Å². The van der Waals surface area contributed by atoms with Gasteiger partial charge >= 0.3 is 0 Å². The monoisotopic (exact) mass is 346 g/mol. The number of benzene rings is 1. The predicted octanol–water partition coefficient (Wildman–Crippen LogP) is 3.67. The normalized spacial score (nSPS) is 16.5. The van der Waals surface area contributed by atoms with Crippen molar-refractivity contribution in [1.82, 2.24) is 10.1 Å². The van der Waals surface area contributed by atoms with Crippen LogP contribution in [0.4, 0.5) is 4.39 Å². The van der Waals surface area contributed by atoms with Crippen LogP contribution in [-0.2, 0) is 0 Å². The summed E-state index contributed by atoms with van der Waals surface area (Å²) in [4.78, 5) is 14.4. The van der Waals surface area contributed by atoms with Gasteiger partial charge in [0, 0.05) is 18.0 Å². The molecule has 0 radical (unpaired) electrons. The Morgan fingerprint density at radius 3 is 2.68 bits per heavy atom. The Kier molecular flexibility index (Phi) is 5.18. The Morgan fingerprint density at radius 2 is 2.08 bits per heavy atom. The van der Waals surface area contributed by atoms with Crippen LogP contribution in [0.15, 0.2) is 34.9 Å². The predicted molar refractivity (Wildman–Crippen MR) is 90.6 cm³/mol. The van der Waals surface area contributed by atoms with E-state index in [9.17, 15) is 14.3 Å². The van der Waals surface area contributed by atoms with Gasteiger partial charge < -0.3 is 14.5 Å². The van der Waals surface area contributed by atoms with E-state index in [1.165, 1.54) is 24.3 Å². The number of carbonyl (C=O) groups excluding carboxylic acids is 1. The third-order valence-corrected chi connectivity index (χ3v) is 4.73. The number of carbonyl (C=O) groups is 1. The lowest BCUT2D eigenvalue weighted by atomic mass is 10.1. The summed E-state index contributed by atoms with van der Waals surface area (Å²) < 4.78 is 18.3.